The lowest BCUT2D eigenvalue weighted by Crippen LogP contribution is -2.18. The molecule has 0 atom stereocenters. The van der Waals surface area contributed by atoms with E-state index in [1.807, 2.05) is 18.2 Å². The van der Waals surface area contributed by atoms with E-state index in [0.29, 0.717) is 22.9 Å². The fraction of sp³-hybridized carbons (Fsp3) is 0.412. The Labute approximate surface area is 138 Å². The molecule has 1 aliphatic heterocycles. The molecule has 0 unspecified atom stereocenters. The zero-order valence-electron chi connectivity index (χ0n) is 12.7. The second-order valence-corrected chi connectivity index (χ2v) is 6.89. The third-order valence-corrected chi connectivity index (χ3v) is 5.24. The number of benzene rings is 1. The normalized spacial score (nSPS) is 15.7. The van der Waals surface area contributed by atoms with E-state index in [1.54, 1.807) is 6.07 Å². The highest BCUT2D eigenvalue weighted by Gasteiger charge is 2.15. The summed E-state index contributed by atoms with van der Waals surface area (Å²) in [6.07, 6.45) is 3.46. The van der Waals surface area contributed by atoms with Crippen molar-refractivity contribution in [2.24, 2.45) is 5.92 Å². The number of carboxylic acid groups (broad SMARTS) is 1. The number of hydrogen-bond donors (Lipinski definition) is 2. The molecule has 23 heavy (non-hydrogen) atoms. The van der Waals surface area contributed by atoms with Crippen LogP contribution < -0.4 is 5.32 Å². The van der Waals surface area contributed by atoms with Crippen LogP contribution in [0.5, 0.6) is 0 Å². The van der Waals surface area contributed by atoms with Crippen molar-refractivity contribution in [1.29, 1.82) is 0 Å². The Bertz CT molecular complexity index is 718. The Morgan fingerprint density at radius 3 is 2.78 bits per heavy atom. The van der Waals surface area contributed by atoms with Crippen LogP contribution in [0, 0.1) is 5.92 Å². The molecule has 3 rings (SSSR count). The summed E-state index contributed by atoms with van der Waals surface area (Å²) in [6.45, 7) is 1.60. The van der Waals surface area contributed by atoms with Gasteiger partial charge in [0.05, 0.1) is 0 Å². The minimum absolute atomic E-state index is 0.00419. The molecule has 1 aromatic heterocycles. The summed E-state index contributed by atoms with van der Waals surface area (Å²) in [7, 11) is 0. The Morgan fingerprint density at radius 2 is 2.04 bits per heavy atom. The minimum Gasteiger partial charge on any atom is -0.477 e. The second-order valence-electron chi connectivity index (χ2n) is 5.81. The van der Waals surface area contributed by atoms with Gasteiger partial charge in [0.15, 0.2) is 0 Å². The molecular formula is C17H19NO4S. The van der Waals surface area contributed by atoms with E-state index in [2.05, 4.69) is 5.32 Å². The van der Waals surface area contributed by atoms with E-state index < -0.39 is 5.97 Å². The van der Waals surface area contributed by atoms with Gasteiger partial charge in [0.1, 0.15) is 4.88 Å². The molecule has 1 saturated heterocycles. The zero-order chi connectivity index (χ0) is 16.2. The molecule has 1 aliphatic rings. The molecule has 1 aromatic carbocycles. The topological polar surface area (TPSA) is 75.6 Å². The van der Waals surface area contributed by atoms with Crippen LogP contribution >= 0.6 is 11.3 Å². The number of rotatable bonds is 5. The van der Waals surface area contributed by atoms with Crippen LogP contribution in [-0.2, 0) is 9.53 Å². The van der Waals surface area contributed by atoms with Gasteiger partial charge in [-0.25, -0.2) is 4.79 Å². The smallest absolute Gasteiger partial charge is 0.345 e. The lowest BCUT2D eigenvalue weighted by atomic mass is 9.95. The summed E-state index contributed by atoms with van der Waals surface area (Å²) >= 11 is 1.24. The number of thiophene rings is 1. The molecule has 6 heteroatoms. The van der Waals surface area contributed by atoms with Gasteiger partial charge >= 0.3 is 5.97 Å². The van der Waals surface area contributed by atoms with Crippen molar-refractivity contribution in [3.63, 3.8) is 0 Å². The third-order valence-electron chi connectivity index (χ3n) is 4.13. The van der Waals surface area contributed by atoms with Crippen LogP contribution in [0.3, 0.4) is 0 Å². The molecule has 122 valence electrons. The van der Waals surface area contributed by atoms with Crippen molar-refractivity contribution >= 4 is 39.0 Å². The average Bonchev–Trinajstić information content (AvgIpc) is 2.97. The van der Waals surface area contributed by atoms with Gasteiger partial charge in [0, 0.05) is 30.0 Å². The lowest BCUT2D eigenvalue weighted by molar-refractivity contribution is -0.116. The van der Waals surface area contributed by atoms with Crippen LogP contribution in [0.1, 0.15) is 35.4 Å². The number of aromatic carboxylic acids is 1. The predicted octanol–water partition coefficient (Wildman–Crippen LogP) is 3.74. The molecule has 5 nitrogen and oxygen atoms in total. The molecule has 0 bridgehead atoms. The highest BCUT2D eigenvalue weighted by atomic mass is 32.1. The number of carbonyl (C=O) groups is 2. The number of nitrogens with one attached hydrogen (secondary N) is 1. The Kier molecular flexibility index (Phi) is 4.93. The monoisotopic (exact) mass is 333 g/mol. The molecule has 0 saturated carbocycles. The van der Waals surface area contributed by atoms with Crippen molar-refractivity contribution in [2.45, 2.75) is 25.7 Å². The quantitative estimate of drug-likeness (QED) is 0.874. The summed E-state index contributed by atoms with van der Waals surface area (Å²) in [6, 6.07) is 7.13. The number of hydrogen-bond acceptors (Lipinski definition) is 4. The van der Waals surface area contributed by atoms with E-state index in [0.717, 1.165) is 42.6 Å². The van der Waals surface area contributed by atoms with Crippen molar-refractivity contribution < 1.29 is 19.4 Å². The molecular weight excluding hydrogens is 314 g/mol. The summed E-state index contributed by atoms with van der Waals surface area (Å²) < 4.78 is 6.23. The van der Waals surface area contributed by atoms with Crippen molar-refractivity contribution in [2.75, 3.05) is 18.5 Å². The predicted molar refractivity (Wildman–Crippen MR) is 90.2 cm³/mol. The van der Waals surface area contributed by atoms with E-state index >= 15 is 0 Å². The maximum Gasteiger partial charge on any atom is 0.345 e. The first kappa shape index (κ1) is 16.0. The van der Waals surface area contributed by atoms with E-state index in [9.17, 15) is 9.59 Å². The Morgan fingerprint density at radius 1 is 1.26 bits per heavy atom. The minimum atomic E-state index is -0.923. The maximum atomic E-state index is 12.1. The highest BCUT2D eigenvalue weighted by molar-refractivity contribution is 7.20. The number of ether oxygens (including phenoxy) is 1. The van der Waals surface area contributed by atoms with Gasteiger partial charge in [0.25, 0.3) is 0 Å². The van der Waals surface area contributed by atoms with Crippen LogP contribution in [0.2, 0.25) is 0 Å². The first-order valence-corrected chi connectivity index (χ1v) is 8.58. The summed E-state index contributed by atoms with van der Waals surface area (Å²) in [4.78, 5) is 23.4. The van der Waals surface area contributed by atoms with Crippen molar-refractivity contribution in [3.05, 3.63) is 29.1 Å². The van der Waals surface area contributed by atoms with Gasteiger partial charge in [-0.2, -0.15) is 0 Å². The molecule has 2 heterocycles. The largest absolute Gasteiger partial charge is 0.477 e. The number of carbonyl (C=O) groups excluding carboxylic acids is 1. The lowest BCUT2D eigenvalue weighted by Gasteiger charge is -2.21. The first-order chi connectivity index (χ1) is 11.1. The average molecular weight is 333 g/mol. The molecule has 0 spiro atoms. The van der Waals surface area contributed by atoms with E-state index in [4.69, 9.17) is 9.84 Å². The maximum absolute atomic E-state index is 12.1. The van der Waals surface area contributed by atoms with Crippen LogP contribution in [0.25, 0.3) is 10.1 Å². The molecule has 1 amide bonds. The first-order valence-electron chi connectivity index (χ1n) is 7.76. The SMILES string of the molecule is O=C(CCC1CCOCC1)Nc1ccc2sc(C(=O)O)cc2c1. The summed E-state index contributed by atoms with van der Waals surface area (Å²) in [5.41, 5.74) is 0.712. The van der Waals surface area contributed by atoms with Crippen molar-refractivity contribution in [1.82, 2.24) is 0 Å². The number of fused-ring (bicyclic) bond motifs is 1. The van der Waals surface area contributed by atoms with Crippen LogP contribution in [0.4, 0.5) is 5.69 Å². The van der Waals surface area contributed by atoms with Gasteiger partial charge in [-0.3, -0.25) is 4.79 Å². The van der Waals surface area contributed by atoms with Gasteiger partial charge < -0.3 is 15.2 Å². The molecule has 2 N–H and O–H groups in total. The number of amides is 1. The standard InChI is InChI=1S/C17H19NO4S/c19-16(4-1-11-5-7-22-8-6-11)18-13-2-3-14-12(9-13)10-15(23-14)17(20)21/h2-3,9-11H,1,4-8H2,(H,18,19)(H,20,21). The van der Waals surface area contributed by atoms with Crippen molar-refractivity contribution in [3.8, 4) is 0 Å². The second kappa shape index (κ2) is 7.10. The van der Waals surface area contributed by atoms with Gasteiger partial charge in [-0.05, 0) is 54.8 Å². The Hall–Kier alpha value is -1.92. The van der Waals surface area contributed by atoms with Crippen LogP contribution in [-0.4, -0.2) is 30.2 Å². The van der Waals surface area contributed by atoms with E-state index in [1.165, 1.54) is 11.3 Å². The molecule has 0 aliphatic carbocycles. The molecule has 2 aromatic rings. The number of carboxylic acids is 1. The highest BCUT2D eigenvalue weighted by Crippen LogP contribution is 2.28. The van der Waals surface area contributed by atoms with Crippen LogP contribution in [0.15, 0.2) is 24.3 Å². The zero-order valence-corrected chi connectivity index (χ0v) is 13.5. The van der Waals surface area contributed by atoms with Gasteiger partial charge in [0.2, 0.25) is 5.91 Å². The fourth-order valence-corrected chi connectivity index (χ4v) is 3.70. The molecule has 1 fully saturated rings. The number of anilines is 1. The van der Waals surface area contributed by atoms with Gasteiger partial charge in [-0.15, -0.1) is 11.3 Å². The third kappa shape index (κ3) is 4.09. The van der Waals surface area contributed by atoms with Gasteiger partial charge in [-0.1, -0.05) is 0 Å². The Balaban J connectivity index is 1.59. The summed E-state index contributed by atoms with van der Waals surface area (Å²) in [5, 5.41) is 12.8. The fourth-order valence-electron chi connectivity index (χ4n) is 2.82. The molecule has 0 radical (unpaired) electrons. The summed E-state index contributed by atoms with van der Waals surface area (Å²) in [5.74, 6) is -0.343. The van der Waals surface area contributed by atoms with E-state index in [-0.39, 0.29) is 5.91 Å².